The molecule has 2 aromatic rings. The quantitative estimate of drug-likeness (QED) is 0.0282. The molecule has 2 aromatic carbocycles. The number of carbonyl (C=O) groups excluding carboxylic acids is 5. The molecule has 68 heavy (non-hydrogen) atoms. The van der Waals surface area contributed by atoms with Crippen LogP contribution in [0.15, 0.2) is 58.7 Å². The van der Waals surface area contributed by atoms with Gasteiger partial charge in [-0.05, 0) is 58.1 Å². The number of aliphatic hydroxyl groups excluding tert-OH is 1. The number of oxime groups is 1. The molecule has 0 aliphatic carbocycles. The molecule has 370 valence electrons. The summed E-state index contributed by atoms with van der Waals surface area (Å²) in [5, 5.41) is 20.8. The summed E-state index contributed by atoms with van der Waals surface area (Å²) in [6, 6.07) is 5.93. The Kier molecular flexibility index (Phi) is 20.3. The zero-order chi connectivity index (χ0) is 49.2. The number of hydrogen-bond acceptors (Lipinski definition) is 16. The van der Waals surface area contributed by atoms with Gasteiger partial charge in [-0.1, -0.05) is 51.0 Å². The Labute approximate surface area is 405 Å². The summed E-state index contributed by atoms with van der Waals surface area (Å²) in [6.45, 7) is 13.7. The van der Waals surface area contributed by atoms with Crippen molar-refractivity contribution in [1.82, 2.24) is 20.4 Å². The largest absolute Gasteiger partial charge is 0.493 e. The second-order valence-electron chi connectivity index (χ2n) is 16.7. The van der Waals surface area contributed by atoms with Gasteiger partial charge in [-0.15, -0.1) is 0 Å². The van der Waals surface area contributed by atoms with Crippen LogP contribution in [0.2, 0.25) is 0 Å². The summed E-state index contributed by atoms with van der Waals surface area (Å²) in [4.78, 5) is 77.5. The molecule has 0 aromatic heterocycles. The van der Waals surface area contributed by atoms with Gasteiger partial charge in [0.05, 0.1) is 79.6 Å². The molecule has 0 radical (unpaired) electrons. The molecular formula is C47H63N7O12S2. The molecule has 0 saturated carbocycles. The van der Waals surface area contributed by atoms with Crippen LogP contribution in [0.4, 0.5) is 16.2 Å². The molecule has 5 amide bonds. The van der Waals surface area contributed by atoms with Crippen molar-refractivity contribution in [1.29, 1.82) is 0 Å². The topological polar surface area (TPSA) is 228 Å². The number of nitrogens with zero attached hydrogens (tertiary/aromatic N) is 4. The number of hydrogen-bond donors (Lipinski definition) is 4. The number of ether oxygens (including phenoxy) is 5. The minimum absolute atomic E-state index is 0.00701. The van der Waals surface area contributed by atoms with Crippen molar-refractivity contribution in [3.63, 3.8) is 0 Å². The van der Waals surface area contributed by atoms with Crippen LogP contribution in [0.25, 0.3) is 0 Å². The third-order valence-corrected chi connectivity index (χ3v) is 14.0. The third kappa shape index (κ3) is 15.3. The number of methoxy groups -OCH3 is 2. The van der Waals surface area contributed by atoms with Gasteiger partial charge in [0, 0.05) is 63.1 Å². The summed E-state index contributed by atoms with van der Waals surface area (Å²) in [6.07, 6.45) is 6.02. The molecule has 4 N–H and O–H groups in total. The van der Waals surface area contributed by atoms with Crippen molar-refractivity contribution >= 4 is 75.1 Å². The predicted octanol–water partition coefficient (Wildman–Crippen LogP) is 5.93. The summed E-state index contributed by atoms with van der Waals surface area (Å²) >= 11 is 0. The normalized spacial score (nSPS) is 16.5. The lowest BCUT2D eigenvalue weighted by Crippen LogP contribution is -2.37. The maximum atomic E-state index is 14.2. The fraction of sp³-hybridized carbons (Fsp3) is 0.511. The van der Waals surface area contributed by atoms with Gasteiger partial charge in [-0.2, -0.15) is 0 Å². The van der Waals surface area contributed by atoms with Gasteiger partial charge in [-0.3, -0.25) is 29.5 Å². The lowest BCUT2D eigenvalue weighted by Gasteiger charge is -2.25. The van der Waals surface area contributed by atoms with E-state index < -0.39 is 22.8 Å². The van der Waals surface area contributed by atoms with Crippen LogP contribution < -0.4 is 34.9 Å². The SMILES string of the molecule is C=C1C[C@H]2C=Nc3cc(OCCCCCOc4cc(NC(=O)OCC(C)(C)SSCCC(=O)NCCNC(=O)CCO)c(C(=O)N5CC(=C)C[C@H]5/C=N/OC)cc4OC)c(OC)cc3C(=O)N2C1. The summed E-state index contributed by atoms with van der Waals surface area (Å²) < 4.78 is 28.7. The zero-order valence-electron chi connectivity index (χ0n) is 39.4. The fourth-order valence-corrected chi connectivity index (χ4v) is 9.74. The van der Waals surface area contributed by atoms with E-state index >= 15 is 0 Å². The molecule has 19 nitrogen and oxygen atoms in total. The minimum Gasteiger partial charge on any atom is -0.493 e. The second kappa shape index (κ2) is 26.0. The van der Waals surface area contributed by atoms with E-state index in [1.165, 1.54) is 55.2 Å². The predicted molar refractivity (Wildman–Crippen MR) is 263 cm³/mol. The van der Waals surface area contributed by atoms with Crippen molar-refractivity contribution < 1.29 is 57.6 Å². The number of aliphatic hydroxyl groups is 1. The fourth-order valence-electron chi connectivity index (χ4n) is 7.36. The Morgan fingerprint density at radius 3 is 2.24 bits per heavy atom. The van der Waals surface area contributed by atoms with Gasteiger partial charge in [0.15, 0.2) is 23.0 Å². The highest BCUT2D eigenvalue weighted by molar-refractivity contribution is 8.77. The highest BCUT2D eigenvalue weighted by Crippen LogP contribution is 2.40. The number of likely N-dealkylation sites (tertiary alicyclic amines) is 1. The van der Waals surface area contributed by atoms with Gasteiger partial charge in [0.2, 0.25) is 11.8 Å². The van der Waals surface area contributed by atoms with Gasteiger partial charge in [0.25, 0.3) is 11.8 Å². The van der Waals surface area contributed by atoms with Gasteiger partial charge in [0.1, 0.15) is 13.7 Å². The molecule has 0 unspecified atom stereocenters. The minimum atomic E-state index is -0.793. The number of unbranched alkanes of at least 4 members (excludes halogenated alkanes) is 2. The number of anilines is 1. The Morgan fingerprint density at radius 1 is 0.897 bits per heavy atom. The lowest BCUT2D eigenvalue weighted by atomic mass is 10.1. The maximum absolute atomic E-state index is 14.2. The summed E-state index contributed by atoms with van der Waals surface area (Å²) in [5.74, 6) is 1.04. The Morgan fingerprint density at radius 2 is 1.56 bits per heavy atom. The monoisotopic (exact) mass is 981 g/mol. The molecule has 3 aliphatic heterocycles. The molecule has 0 spiro atoms. The maximum Gasteiger partial charge on any atom is 0.411 e. The van der Waals surface area contributed by atoms with Crippen molar-refractivity contribution in [2.75, 3.05) is 85.0 Å². The average Bonchev–Trinajstić information content (AvgIpc) is 3.86. The first-order chi connectivity index (χ1) is 32.7. The molecule has 0 bridgehead atoms. The molecule has 2 saturated heterocycles. The highest BCUT2D eigenvalue weighted by Gasteiger charge is 2.35. The van der Waals surface area contributed by atoms with E-state index in [9.17, 15) is 24.0 Å². The van der Waals surface area contributed by atoms with Gasteiger partial charge < -0.3 is 54.1 Å². The van der Waals surface area contributed by atoms with Crippen LogP contribution >= 0.6 is 21.6 Å². The van der Waals surface area contributed by atoms with Crippen LogP contribution in [-0.4, -0.2) is 154 Å². The number of carbonyl (C=O) groups is 5. The van der Waals surface area contributed by atoms with Crippen molar-refractivity contribution in [3.8, 4) is 23.0 Å². The van der Waals surface area contributed by atoms with E-state index in [4.69, 9.17) is 33.6 Å². The summed E-state index contributed by atoms with van der Waals surface area (Å²) in [7, 11) is 7.33. The zero-order valence-corrected chi connectivity index (χ0v) is 41.0. The number of aliphatic imine (C=N–C) groups is 1. The third-order valence-electron chi connectivity index (χ3n) is 10.8. The van der Waals surface area contributed by atoms with Crippen molar-refractivity contribution in [2.24, 2.45) is 10.1 Å². The van der Waals surface area contributed by atoms with Crippen LogP contribution in [0.1, 0.15) is 79.5 Å². The van der Waals surface area contributed by atoms with Crippen LogP contribution in [0.5, 0.6) is 23.0 Å². The standard InChI is InChI=1S/C47H63N7O12S2/c1-30-19-32-25-50-36-23-40(38(61-5)21-34(36)44(58)53(32)27-30)64-16-9-8-10-17-65-41-24-37(35(22-39(41)62-6)45(59)54-28-31(2)20-33(54)26-51-63-7)52-46(60)66-29-47(3,4)68-67-18-12-43(57)49-14-13-48-42(56)11-15-55/h21-26,32-33,55H,1-2,8-20,27-29H2,3-7H3,(H,48,56)(H,49,57)(H,52,60)/b51-26+/t32-,33-/m0/s1. The first-order valence-corrected chi connectivity index (χ1v) is 24.6. The van der Waals surface area contributed by atoms with E-state index in [0.717, 1.165) is 17.6 Å². The Bertz CT molecular complexity index is 2220. The van der Waals surface area contributed by atoms with E-state index in [1.54, 1.807) is 34.2 Å². The molecule has 3 aliphatic rings. The first kappa shape index (κ1) is 53.0. The molecule has 2 fully saturated rings. The average molecular weight is 982 g/mol. The van der Waals surface area contributed by atoms with Gasteiger partial charge in [-0.25, -0.2) is 4.79 Å². The number of rotatable bonds is 26. The molecular weight excluding hydrogens is 919 g/mol. The molecule has 21 heteroatoms. The molecule has 2 atom stereocenters. The first-order valence-electron chi connectivity index (χ1n) is 22.3. The summed E-state index contributed by atoms with van der Waals surface area (Å²) in [5.41, 5.74) is 3.08. The van der Waals surface area contributed by atoms with Crippen LogP contribution in [0, 0.1) is 0 Å². The number of nitrogens with one attached hydrogen (secondary N) is 3. The van der Waals surface area contributed by atoms with E-state index in [1.807, 2.05) is 13.8 Å². The van der Waals surface area contributed by atoms with Crippen LogP contribution in [0.3, 0.4) is 0 Å². The highest BCUT2D eigenvalue weighted by atomic mass is 33.1. The van der Waals surface area contributed by atoms with Gasteiger partial charge >= 0.3 is 6.09 Å². The number of benzene rings is 2. The number of fused-ring (bicyclic) bond motifs is 2. The molecule has 3 heterocycles. The van der Waals surface area contributed by atoms with E-state index in [2.05, 4.69) is 39.3 Å². The van der Waals surface area contributed by atoms with Crippen LogP contribution in [-0.2, 0) is 19.2 Å². The lowest BCUT2D eigenvalue weighted by molar-refractivity contribution is -0.123. The van der Waals surface area contributed by atoms with Crippen molar-refractivity contribution in [3.05, 3.63) is 59.7 Å². The van der Waals surface area contributed by atoms with E-state index in [0.29, 0.717) is 73.1 Å². The number of amides is 5. The molecule has 5 rings (SSSR count). The Hall–Kier alpha value is -5.93. The van der Waals surface area contributed by atoms with Crippen molar-refractivity contribution in [2.45, 2.75) is 75.6 Å². The smallest absolute Gasteiger partial charge is 0.411 e. The Balaban J connectivity index is 1.16. The van der Waals surface area contributed by atoms with E-state index in [-0.39, 0.29) is 93.1 Å². The second-order valence-corrected chi connectivity index (χ2v) is 19.9.